The molecule has 1 aliphatic carbocycles. The monoisotopic (exact) mass is 509 g/mol. The van der Waals surface area contributed by atoms with Crippen LogP contribution in [0.3, 0.4) is 0 Å². The van der Waals surface area contributed by atoms with E-state index < -0.39 is 0 Å². The molecular weight excluding hydrogens is 490 g/mol. The molecule has 184 valence electrons. The van der Waals surface area contributed by atoms with Crippen LogP contribution >= 0.6 is 0 Å². The third-order valence-electron chi connectivity index (χ3n) is 8.54. The highest BCUT2D eigenvalue weighted by Gasteiger charge is 2.27. The van der Waals surface area contributed by atoms with Gasteiger partial charge < -0.3 is 4.74 Å². The minimum Gasteiger partial charge on any atom is -0.456 e. The fourth-order valence-corrected chi connectivity index (χ4v) is 6.95. The maximum absolute atomic E-state index is 6.25. The second kappa shape index (κ2) is 7.13. The van der Waals surface area contributed by atoms with Crippen LogP contribution in [-0.4, -0.2) is 14.5 Å². The van der Waals surface area contributed by atoms with Gasteiger partial charge in [-0.15, -0.1) is 0 Å². The van der Waals surface area contributed by atoms with Crippen molar-refractivity contribution < 1.29 is 4.74 Å². The molecule has 2 aromatic heterocycles. The highest BCUT2D eigenvalue weighted by atomic mass is 16.5. The summed E-state index contributed by atoms with van der Waals surface area (Å²) in [5, 5.41) is 6.01. The van der Waals surface area contributed by atoms with Crippen LogP contribution in [-0.2, 0) is 0 Å². The van der Waals surface area contributed by atoms with Gasteiger partial charge in [0.05, 0.1) is 27.6 Å². The molecule has 40 heavy (non-hydrogen) atoms. The summed E-state index contributed by atoms with van der Waals surface area (Å²) in [6.45, 7) is 0. The van der Waals surface area contributed by atoms with Gasteiger partial charge in [0.25, 0.3) is 0 Å². The van der Waals surface area contributed by atoms with E-state index in [0.717, 1.165) is 44.7 Å². The van der Waals surface area contributed by atoms with Crippen molar-refractivity contribution in [2.24, 2.45) is 0 Å². The summed E-state index contributed by atoms with van der Waals surface area (Å²) in [7, 11) is 0. The summed E-state index contributed by atoms with van der Waals surface area (Å²) in [4.78, 5) is 10.4. The van der Waals surface area contributed by atoms with Gasteiger partial charge in [-0.3, -0.25) is 4.57 Å². The molecular formula is C36H19N3O. The number of fused-ring (bicyclic) bond motifs is 4. The van der Waals surface area contributed by atoms with E-state index >= 15 is 0 Å². The number of hydrogen-bond donors (Lipinski definition) is 0. The van der Waals surface area contributed by atoms with Gasteiger partial charge in [-0.25, -0.2) is 9.97 Å². The van der Waals surface area contributed by atoms with Crippen LogP contribution < -0.4 is 4.74 Å². The maximum Gasteiger partial charge on any atom is 0.235 e. The quantitative estimate of drug-likeness (QED) is 0.221. The molecule has 2 aliphatic rings. The smallest absolute Gasteiger partial charge is 0.235 e. The standard InChI is InChI=1S/C36H19N3O/c1-2-18-29-25(10-1)35-34-26(15-7-19-30(34)40-29)37-36(38-35)39-27-16-5-13-23-21-11-3-8-20-9-4-12-22(31(20)21)24-14-6-17-28(39)33(24)32(23)27/h1-19H. The number of para-hydroxylation sites is 1. The van der Waals surface area contributed by atoms with Crippen LogP contribution in [0.2, 0.25) is 0 Å². The zero-order chi connectivity index (χ0) is 25.9. The second-order valence-electron chi connectivity index (χ2n) is 10.6. The summed E-state index contributed by atoms with van der Waals surface area (Å²) in [6.07, 6.45) is 0. The van der Waals surface area contributed by atoms with Gasteiger partial charge in [0.1, 0.15) is 11.5 Å². The van der Waals surface area contributed by atoms with Gasteiger partial charge in [-0.2, -0.15) is 0 Å². The van der Waals surface area contributed by atoms with Crippen LogP contribution in [0.25, 0.3) is 82.9 Å². The lowest BCUT2D eigenvalue weighted by Gasteiger charge is -2.21. The molecule has 8 aromatic rings. The van der Waals surface area contributed by atoms with Crippen molar-refractivity contribution in [3.05, 3.63) is 115 Å². The number of benzene rings is 6. The number of aromatic nitrogens is 3. The van der Waals surface area contributed by atoms with E-state index in [-0.39, 0.29) is 0 Å². The molecule has 3 heterocycles. The van der Waals surface area contributed by atoms with Gasteiger partial charge in [0.2, 0.25) is 5.95 Å². The highest BCUT2D eigenvalue weighted by Crippen LogP contribution is 2.50. The fraction of sp³-hybridized carbons (Fsp3) is 0. The summed E-state index contributed by atoms with van der Waals surface area (Å²) in [5.74, 6) is 2.28. The first kappa shape index (κ1) is 20.5. The predicted molar refractivity (Wildman–Crippen MR) is 161 cm³/mol. The van der Waals surface area contributed by atoms with Crippen LogP contribution in [0.4, 0.5) is 0 Å². The highest BCUT2D eigenvalue weighted by molar-refractivity contribution is 6.27. The molecule has 0 N–H and O–H groups in total. The normalized spacial score (nSPS) is 12.7. The molecule has 6 aromatic carbocycles. The lowest BCUT2D eigenvalue weighted by Crippen LogP contribution is -2.06. The molecule has 0 fully saturated rings. The van der Waals surface area contributed by atoms with Gasteiger partial charge in [0, 0.05) is 16.3 Å². The van der Waals surface area contributed by atoms with Crippen LogP contribution in [0.1, 0.15) is 0 Å². The molecule has 0 saturated heterocycles. The Morgan fingerprint density at radius 2 is 1.02 bits per heavy atom. The molecule has 0 unspecified atom stereocenters. The largest absolute Gasteiger partial charge is 0.456 e. The van der Waals surface area contributed by atoms with Gasteiger partial charge in [-0.1, -0.05) is 78.9 Å². The van der Waals surface area contributed by atoms with Crippen molar-refractivity contribution in [1.29, 1.82) is 0 Å². The minimum atomic E-state index is 0.665. The van der Waals surface area contributed by atoms with Crippen LogP contribution in [0, 0.1) is 0 Å². The number of hydrogen-bond acceptors (Lipinski definition) is 3. The third kappa shape index (κ3) is 2.42. The Balaban J connectivity index is 1.39. The zero-order valence-corrected chi connectivity index (χ0v) is 21.2. The van der Waals surface area contributed by atoms with Gasteiger partial charge in [-0.05, 0) is 69.4 Å². The Labute approximate surface area is 228 Å². The van der Waals surface area contributed by atoms with Gasteiger partial charge >= 0.3 is 0 Å². The van der Waals surface area contributed by atoms with Crippen molar-refractivity contribution >= 4 is 43.5 Å². The number of rotatable bonds is 1. The lowest BCUT2D eigenvalue weighted by atomic mass is 9.93. The molecule has 0 radical (unpaired) electrons. The van der Waals surface area contributed by atoms with E-state index in [0.29, 0.717) is 5.95 Å². The van der Waals surface area contributed by atoms with Gasteiger partial charge in [0.15, 0.2) is 0 Å². The number of ether oxygens (including phenoxy) is 1. The Kier molecular flexibility index (Phi) is 3.65. The van der Waals surface area contributed by atoms with Crippen molar-refractivity contribution in [3.8, 4) is 51.0 Å². The van der Waals surface area contributed by atoms with Crippen molar-refractivity contribution in [1.82, 2.24) is 14.5 Å². The molecule has 0 spiro atoms. The number of nitrogens with zero attached hydrogens (tertiary/aromatic N) is 3. The molecule has 1 aliphatic heterocycles. The Morgan fingerprint density at radius 1 is 0.450 bits per heavy atom. The average molecular weight is 510 g/mol. The fourth-order valence-electron chi connectivity index (χ4n) is 6.95. The molecule has 4 heteroatoms. The van der Waals surface area contributed by atoms with E-state index in [2.05, 4.69) is 89.5 Å². The zero-order valence-electron chi connectivity index (χ0n) is 21.2. The maximum atomic E-state index is 6.25. The molecule has 4 nitrogen and oxygen atoms in total. The van der Waals surface area contributed by atoms with E-state index in [9.17, 15) is 0 Å². The molecule has 10 rings (SSSR count). The van der Waals surface area contributed by atoms with Crippen molar-refractivity contribution in [2.45, 2.75) is 0 Å². The topological polar surface area (TPSA) is 39.9 Å². The molecule has 0 atom stereocenters. The molecule has 0 saturated carbocycles. The first-order chi connectivity index (χ1) is 19.8. The lowest BCUT2D eigenvalue weighted by molar-refractivity contribution is 0.486. The second-order valence-corrected chi connectivity index (χ2v) is 10.6. The third-order valence-corrected chi connectivity index (χ3v) is 8.54. The Hall–Kier alpha value is -5.48. The van der Waals surface area contributed by atoms with E-state index in [1.807, 2.05) is 30.3 Å². The first-order valence-corrected chi connectivity index (χ1v) is 13.5. The summed E-state index contributed by atoms with van der Waals surface area (Å²) in [6, 6.07) is 40.7. The Bertz CT molecular complexity index is 2320. The van der Waals surface area contributed by atoms with Crippen LogP contribution in [0.5, 0.6) is 11.5 Å². The molecule has 0 bridgehead atoms. The van der Waals surface area contributed by atoms with Crippen LogP contribution in [0.15, 0.2) is 115 Å². The van der Waals surface area contributed by atoms with E-state index in [4.69, 9.17) is 14.7 Å². The summed E-state index contributed by atoms with van der Waals surface area (Å²) in [5.41, 5.74) is 9.98. The minimum absolute atomic E-state index is 0.665. The summed E-state index contributed by atoms with van der Waals surface area (Å²) < 4.78 is 8.49. The van der Waals surface area contributed by atoms with Crippen molar-refractivity contribution in [2.75, 3.05) is 0 Å². The average Bonchev–Trinajstić information content (AvgIpc) is 3.29. The first-order valence-electron chi connectivity index (χ1n) is 13.5. The SMILES string of the molecule is c1ccc2c(c1)Oc1cccc3nc(-n4c5cccc6c5c5c(cccc54)-c4cccc5cccc-6c45)nc-2c13. The van der Waals surface area contributed by atoms with E-state index in [1.165, 1.54) is 43.8 Å². The predicted octanol–water partition coefficient (Wildman–Crippen LogP) is 9.30. The molecule has 0 amide bonds. The summed E-state index contributed by atoms with van der Waals surface area (Å²) >= 11 is 0. The van der Waals surface area contributed by atoms with E-state index in [1.54, 1.807) is 0 Å². The Morgan fingerprint density at radius 3 is 1.75 bits per heavy atom. The van der Waals surface area contributed by atoms with Crippen molar-refractivity contribution in [3.63, 3.8) is 0 Å².